The molecule has 1 amide bonds. The highest BCUT2D eigenvalue weighted by Gasteiger charge is 2.13. The Morgan fingerprint density at radius 3 is 2.81 bits per heavy atom. The number of fused-ring (bicyclic) bond motifs is 3. The van der Waals surface area contributed by atoms with Crippen molar-refractivity contribution >= 4 is 49.5 Å². The second-order valence-electron chi connectivity index (χ2n) is 7.05. The zero-order chi connectivity index (χ0) is 22.0. The lowest BCUT2D eigenvalue weighted by molar-refractivity contribution is 0.180. The molecular formula is C22H20BrN5O3. The number of carboxylic acid groups (broad SMARTS) is 1. The third kappa shape index (κ3) is 4.51. The molecule has 31 heavy (non-hydrogen) atoms. The minimum atomic E-state index is -1.08. The summed E-state index contributed by atoms with van der Waals surface area (Å²) in [4.78, 5) is 24.1. The van der Waals surface area contributed by atoms with Gasteiger partial charge < -0.3 is 20.9 Å². The van der Waals surface area contributed by atoms with E-state index in [2.05, 4.69) is 36.2 Å². The lowest BCUT2D eigenvalue weighted by Gasteiger charge is -2.16. The zero-order valence-corrected chi connectivity index (χ0v) is 18.3. The molecule has 158 valence electrons. The van der Waals surface area contributed by atoms with Gasteiger partial charge in [0.15, 0.2) is 0 Å². The van der Waals surface area contributed by atoms with Gasteiger partial charge >= 0.3 is 6.09 Å². The monoisotopic (exact) mass is 481 g/mol. The second-order valence-corrected chi connectivity index (χ2v) is 7.96. The quantitative estimate of drug-likeness (QED) is 0.343. The average Bonchev–Trinajstić information content (AvgIpc) is 2.76. The van der Waals surface area contributed by atoms with E-state index in [-0.39, 0.29) is 12.6 Å². The van der Waals surface area contributed by atoms with Gasteiger partial charge in [0, 0.05) is 33.2 Å². The molecule has 9 heteroatoms. The van der Waals surface area contributed by atoms with Crippen molar-refractivity contribution in [1.29, 1.82) is 0 Å². The van der Waals surface area contributed by atoms with E-state index in [0.29, 0.717) is 23.7 Å². The number of nitrogens with two attached hydrogens (primary N) is 1. The van der Waals surface area contributed by atoms with E-state index in [1.807, 2.05) is 37.3 Å². The number of pyridine rings is 3. The Hall–Kier alpha value is -3.46. The van der Waals surface area contributed by atoms with Gasteiger partial charge in [0.25, 0.3) is 0 Å². The van der Waals surface area contributed by atoms with Gasteiger partial charge in [0.2, 0.25) is 0 Å². The first-order chi connectivity index (χ1) is 14.9. The van der Waals surface area contributed by atoms with Gasteiger partial charge in [0.05, 0.1) is 23.4 Å². The minimum Gasteiger partial charge on any atom is -0.490 e. The Balaban J connectivity index is 1.70. The van der Waals surface area contributed by atoms with E-state index in [1.54, 1.807) is 18.6 Å². The first-order valence-corrected chi connectivity index (χ1v) is 10.5. The minimum absolute atomic E-state index is 0.200. The molecule has 0 radical (unpaired) electrons. The molecule has 1 atom stereocenters. The van der Waals surface area contributed by atoms with Crippen LogP contribution in [-0.2, 0) is 0 Å². The molecule has 0 fully saturated rings. The van der Waals surface area contributed by atoms with Gasteiger partial charge in [-0.15, -0.1) is 0 Å². The highest BCUT2D eigenvalue weighted by Crippen LogP contribution is 2.32. The van der Waals surface area contributed by atoms with Gasteiger partial charge in [-0.1, -0.05) is 22.9 Å². The van der Waals surface area contributed by atoms with E-state index < -0.39 is 6.09 Å². The summed E-state index contributed by atoms with van der Waals surface area (Å²) in [6.07, 6.45) is 4.53. The number of nitrogens with zero attached hydrogens (tertiary/aromatic N) is 3. The standard InChI is InChI=1S/C22H20BrN5O3/c1-2-14(27-22(29)30)11-31-15-5-12(8-25-9-15)20-7-16-17-6-13(23)3-4-19(17)26-10-18(16)21(24)28-20/h3-10,14,27H,2,11H2,1H3,(H2,24,28)(H,29,30)/t14-/m1/s1. The number of anilines is 1. The summed E-state index contributed by atoms with van der Waals surface area (Å²) in [5.41, 5.74) is 8.51. The predicted molar refractivity (Wildman–Crippen MR) is 123 cm³/mol. The van der Waals surface area contributed by atoms with Crippen molar-refractivity contribution in [3.05, 3.63) is 53.4 Å². The highest BCUT2D eigenvalue weighted by molar-refractivity contribution is 9.10. The Morgan fingerprint density at radius 2 is 2.03 bits per heavy atom. The van der Waals surface area contributed by atoms with E-state index in [9.17, 15) is 4.79 Å². The molecule has 1 aromatic carbocycles. The van der Waals surface area contributed by atoms with Crippen LogP contribution >= 0.6 is 15.9 Å². The van der Waals surface area contributed by atoms with Gasteiger partial charge in [-0.25, -0.2) is 9.78 Å². The predicted octanol–water partition coefficient (Wildman–Crippen LogP) is 4.61. The van der Waals surface area contributed by atoms with Gasteiger partial charge in [-0.3, -0.25) is 9.97 Å². The van der Waals surface area contributed by atoms with Crippen LogP contribution in [0.25, 0.3) is 32.9 Å². The average molecular weight is 482 g/mol. The van der Waals surface area contributed by atoms with E-state index in [0.717, 1.165) is 31.7 Å². The largest absolute Gasteiger partial charge is 0.490 e. The third-order valence-corrected chi connectivity index (χ3v) is 5.44. The Morgan fingerprint density at radius 1 is 1.19 bits per heavy atom. The summed E-state index contributed by atoms with van der Waals surface area (Å²) in [5, 5.41) is 14.0. The van der Waals surface area contributed by atoms with Crippen LogP contribution in [0.2, 0.25) is 0 Å². The summed E-state index contributed by atoms with van der Waals surface area (Å²) >= 11 is 3.52. The number of carbonyl (C=O) groups is 1. The summed E-state index contributed by atoms with van der Waals surface area (Å²) in [5.74, 6) is 0.899. The van der Waals surface area contributed by atoms with Crippen molar-refractivity contribution in [2.24, 2.45) is 0 Å². The van der Waals surface area contributed by atoms with Crippen molar-refractivity contribution in [3.8, 4) is 17.0 Å². The van der Waals surface area contributed by atoms with Crippen molar-refractivity contribution < 1.29 is 14.6 Å². The van der Waals surface area contributed by atoms with E-state index in [4.69, 9.17) is 15.6 Å². The highest BCUT2D eigenvalue weighted by atomic mass is 79.9. The number of hydrogen-bond donors (Lipinski definition) is 3. The van der Waals surface area contributed by atoms with Crippen LogP contribution in [0.15, 0.2) is 53.4 Å². The molecule has 0 bridgehead atoms. The number of nitrogens with one attached hydrogen (secondary N) is 1. The molecule has 4 rings (SSSR count). The fourth-order valence-corrected chi connectivity index (χ4v) is 3.68. The number of aromatic nitrogens is 3. The number of halogens is 1. The van der Waals surface area contributed by atoms with Crippen LogP contribution < -0.4 is 15.8 Å². The fourth-order valence-electron chi connectivity index (χ4n) is 3.32. The van der Waals surface area contributed by atoms with Crippen LogP contribution in [0.1, 0.15) is 13.3 Å². The number of hydrogen-bond acceptors (Lipinski definition) is 6. The molecule has 0 unspecified atom stereocenters. The van der Waals surface area contributed by atoms with Crippen molar-refractivity contribution in [1.82, 2.24) is 20.3 Å². The first-order valence-electron chi connectivity index (χ1n) is 9.66. The third-order valence-electron chi connectivity index (χ3n) is 4.95. The SMILES string of the molecule is CC[C@H](COc1cncc(-c2cc3c(cnc4ccc(Br)cc43)c(N)n2)c1)NC(=O)O. The summed E-state index contributed by atoms with van der Waals surface area (Å²) in [7, 11) is 0. The van der Waals surface area contributed by atoms with Gasteiger partial charge in [-0.2, -0.15) is 0 Å². The van der Waals surface area contributed by atoms with E-state index >= 15 is 0 Å². The molecule has 3 aromatic heterocycles. The molecule has 8 nitrogen and oxygen atoms in total. The van der Waals surface area contributed by atoms with Crippen LogP contribution in [0.3, 0.4) is 0 Å². The van der Waals surface area contributed by atoms with Crippen LogP contribution in [-0.4, -0.2) is 38.8 Å². The number of nitrogen functional groups attached to an aromatic ring is 1. The zero-order valence-electron chi connectivity index (χ0n) is 16.7. The van der Waals surface area contributed by atoms with Crippen molar-refractivity contribution in [2.45, 2.75) is 19.4 Å². The molecule has 0 saturated heterocycles. The normalized spacial score (nSPS) is 12.1. The van der Waals surface area contributed by atoms with Gasteiger partial charge in [-0.05, 0) is 42.1 Å². The number of amides is 1. The summed E-state index contributed by atoms with van der Waals surface area (Å²) in [6.45, 7) is 2.09. The molecule has 4 aromatic rings. The maximum absolute atomic E-state index is 10.9. The maximum atomic E-state index is 10.9. The summed E-state index contributed by atoms with van der Waals surface area (Å²) < 4.78 is 6.71. The van der Waals surface area contributed by atoms with E-state index in [1.165, 1.54) is 0 Å². The lowest BCUT2D eigenvalue weighted by Crippen LogP contribution is -2.37. The molecule has 0 aliphatic rings. The maximum Gasteiger partial charge on any atom is 0.404 e. The van der Waals surface area contributed by atoms with Crippen molar-refractivity contribution in [2.75, 3.05) is 12.3 Å². The molecule has 0 saturated carbocycles. The van der Waals surface area contributed by atoms with Crippen LogP contribution in [0, 0.1) is 0 Å². The first kappa shape index (κ1) is 20.8. The topological polar surface area (TPSA) is 123 Å². The number of ether oxygens (including phenoxy) is 1. The molecule has 4 N–H and O–H groups in total. The lowest BCUT2D eigenvalue weighted by atomic mass is 10.0. The Kier molecular flexibility index (Phi) is 5.85. The molecule has 3 heterocycles. The van der Waals surface area contributed by atoms with Gasteiger partial charge in [0.1, 0.15) is 18.2 Å². The summed E-state index contributed by atoms with van der Waals surface area (Å²) in [6, 6.07) is 9.36. The van der Waals surface area contributed by atoms with Crippen molar-refractivity contribution in [3.63, 3.8) is 0 Å². The molecule has 0 aliphatic carbocycles. The molecular weight excluding hydrogens is 462 g/mol. The smallest absolute Gasteiger partial charge is 0.404 e. The molecule has 0 aliphatic heterocycles. The van der Waals surface area contributed by atoms with Crippen LogP contribution in [0.4, 0.5) is 10.6 Å². The molecule has 0 spiro atoms. The number of benzene rings is 1. The number of rotatable bonds is 6. The Bertz CT molecular complexity index is 1280. The Labute approximate surface area is 186 Å². The second kappa shape index (κ2) is 8.73. The fraction of sp³-hybridized carbons (Fsp3) is 0.182. The van der Waals surface area contributed by atoms with Crippen LogP contribution in [0.5, 0.6) is 5.75 Å².